The van der Waals surface area contributed by atoms with Crippen LogP contribution in [0.5, 0.6) is 0 Å². The first-order valence-corrected chi connectivity index (χ1v) is 7.43. The third-order valence-corrected chi connectivity index (χ3v) is 4.34. The maximum atomic E-state index is 11.2. The van der Waals surface area contributed by atoms with E-state index in [9.17, 15) is 10.1 Å². The Kier molecular flexibility index (Phi) is 3.92. The highest BCUT2D eigenvalue weighted by Gasteiger charge is 2.25. The van der Waals surface area contributed by atoms with E-state index in [0.717, 1.165) is 31.1 Å². The minimum absolute atomic E-state index is 0.00579. The van der Waals surface area contributed by atoms with Gasteiger partial charge in [0.2, 0.25) is 0 Å². The SMILES string of the molecule is N#CC[C@H]1CC[C@H](Nc2c([N+](=O)[O-])cnc3[nH]ccc23)CC1. The summed E-state index contributed by atoms with van der Waals surface area (Å²) >= 11 is 0. The number of H-pyrrole nitrogens is 1. The maximum Gasteiger partial charge on any atom is 0.311 e. The smallest absolute Gasteiger partial charge is 0.311 e. The van der Waals surface area contributed by atoms with Gasteiger partial charge in [-0.25, -0.2) is 4.98 Å². The Morgan fingerprint density at radius 3 is 2.91 bits per heavy atom. The first-order chi connectivity index (χ1) is 10.7. The van der Waals surface area contributed by atoms with Crippen LogP contribution in [-0.2, 0) is 0 Å². The summed E-state index contributed by atoms with van der Waals surface area (Å²) in [6, 6.07) is 4.23. The molecule has 0 unspecified atom stereocenters. The van der Waals surface area contributed by atoms with Gasteiger partial charge in [0.05, 0.1) is 11.0 Å². The van der Waals surface area contributed by atoms with Crippen LogP contribution in [0, 0.1) is 27.4 Å². The van der Waals surface area contributed by atoms with E-state index in [2.05, 4.69) is 21.4 Å². The summed E-state index contributed by atoms with van der Waals surface area (Å²) in [5.41, 5.74) is 1.19. The number of aromatic amines is 1. The molecule has 1 aliphatic rings. The molecule has 2 aromatic rings. The van der Waals surface area contributed by atoms with Gasteiger partial charge in [-0.15, -0.1) is 0 Å². The third kappa shape index (κ3) is 2.72. The van der Waals surface area contributed by atoms with Gasteiger partial charge in [0.1, 0.15) is 17.5 Å². The molecule has 7 heteroatoms. The minimum Gasteiger partial charge on any atom is -0.376 e. The molecule has 3 rings (SSSR count). The maximum absolute atomic E-state index is 11.2. The predicted molar refractivity (Wildman–Crippen MR) is 82.3 cm³/mol. The lowest BCUT2D eigenvalue weighted by atomic mass is 9.84. The van der Waals surface area contributed by atoms with E-state index in [0.29, 0.717) is 23.7 Å². The van der Waals surface area contributed by atoms with E-state index in [1.165, 1.54) is 6.20 Å². The summed E-state index contributed by atoms with van der Waals surface area (Å²) in [4.78, 5) is 17.9. The molecule has 0 atom stereocenters. The molecule has 0 amide bonds. The minimum atomic E-state index is -0.400. The lowest BCUT2D eigenvalue weighted by molar-refractivity contribution is -0.384. The molecule has 0 aromatic carbocycles. The van der Waals surface area contributed by atoms with E-state index in [1.807, 2.05) is 0 Å². The highest BCUT2D eigenvalue weighted by Crippen LogP contribution is 2.35. The Hall–Kier alpha value is -2.62. The summed E-state index contributed by atoms with van der Waals surface area (Å²) in [7, 11) is 0. The van der Waals surface area contributed by atoms with Crippen molar-refractivity contribution in [3.8, 4) is 6.07 Å². The van der Waals surface area contributed by atoms with Crippen LogP contribution in [-0.4, -0.2) is 20.9 Å². The number of nitriles is 1. The van der Waals surface area contributed by atoms with Gasteiger partial charge in [-0.2, -0.15) is 5.26 Å². The van der Waals surface area contributed by atoms with Crippen LogP contribution in [0.3, 0.4) is 0 Å². The molecule has 1 saturated carbocycles. The molecule has 0 bridgehead atoms. The Morgan fingerprint density at radius 2 is 2.23 bits per heavy atom. The summed E-state index contributed by atoms with van der Waals surface area (Å²) < 4.78 is 0. The van der Waals surface area contributed by atoms with E-state index >= 15 is 0 Å². The summed E-state index contributed by atoms with van der Waals surface area (Å²) in [5.74, 6) is 0.461. The number of nitrogens with one attached hydrogen (secondary N) is 2. The lowest BCUT2D eigenvalue weighted by Gasteiger charge is -2.28. The number of fused-ring (bicyclic) bond motifs is 1. The standard InChI is InChI=1S/C15H17N5O2/c16-7-5-10-1-3-11(4-2-10)19-14-12-6-8-17-15(12)18-9-13(14)20(21)22/h6,8-11H,1-5H2,(H2,17,18,19)/t10-,11-. The van der Waals surface area contributed by atoms with Crippen molar-refractivity contribution in [1.82, 2.24) is 9.97 Å². The zero-order valence-electron chi connectivity index (χ0n) is 12.1. The Morgan fingerprint density at radius 1 is 1.45 bits per heavy atom. The fourth-order valence-corrected chi connectivity index (χ4v) is 3.13. The first kappa shape index (κ1) is 14.3. The quantitative estimate of drug-likeness (QED) is 0.664. The molecule has 0 aliphatic heterocycles. The van der Waals surface area contributed by atoms with Crippen LogP contribution in [0.15, 0.2) is 18.5 Å². The molecule has 1 aliphatic carbocycles. The number of aromatic nitrogens is 2. The van der Waals surface area contributed by atoms with Crippen molar-refractivity contribution in [3.05, 3.63) is 28.6 Å². The third-order valence-electron chi connectivity index (χ3n) is 4.34. The molecule has 2 aromatic heterocycles. The number of anilines is 1. The molecular formula is C15H17N5O2. The molecule has 114 valence electrons. The van der Waals surface area contributed by atoms with E-state index < -0.39 is 4.92 Å². The molecule has 2 heterocycles. The van der Waals surface area contributed by atoms with Crippen molar-refractivity contribution in [1.29, 1.82) is 5.26 Å². The van der Waals surface area contributed by atoms with Crippen LogP contribution in [0.25, 0.3) is 11.0 Å². The summed E-state index contributed by atoms with van der Waals surface area (Å²) in [6.45, 7) is 0. The average Bonchev–Trinajstić information content (AvgIpc) is 2.98. The van der Waals surface area contributed by atoms with Crippen molar-refractivity contribution in [2.75, 3.05) is 5.32 Å². The molecular weight excluding hydrogens is 282 g/mol. The molecule has 0 saturated heterocycles. The fraction of sp³-hybridized carbons (Fsp3) is 0.467. The number of rotatable bonds is 4. The topological polar surface area (TPSA) is 108 Å². The van der Waals surface area contributed by atoms with Gasteiger partial charge >= 0.3 is 5.69 Å². The molecule has 0 radical (unpaired) electrons. The highest BCUT2D eigenvalue weighted by atomic mass is 16.6. The van der Waals surface area contributed by atoms with Gasteiger partial charge < -0.3 is 10.3 Å². The lowest BCUT2D eigenvalue weighted by Crippen LogP contribution is -2.26. The number of pyridine rings is 1. The fourth-order valence-electron chi connectivity index (χ4n) is 3.13. The number of hydrogen-bond acceptors (Lipinski definition) is 5. The molecule has 2 N–H and O–H groups in total. The number of nitrogens with zero attached hydrogens (tertiary/aromatic N) is 3. The van der Waals surface area contributed by atoms with E-state index in [1.54, 1.807) is 12.3 Å². The van der Waals surface area contributed by atoms with Crippen LogP contribution < -0.4 is 5.32 Å². The Balaban J connectivity index is 1.82. The predicted octanol–water partition coefficient (Wildman–Crippen LogP) is 3.36. The van der Waals surface area contributed by atoms with Gasteiger partial charge in [0, 0.05) is 24.0 Å². The van der Waals surface area contributed by atoms with Gasteiger partial charge in [0.15, 0.2) is 0 Å². The van der Waals surface area contributed by atoms with Gasteiger partial charge in [0.25, 0.3) is 0 Å². The Labute approximate surface area is 127 Å². The summed E-state index contributed by atoms with van der Waals surface area (Å²) in [5, 5.41) is 24.1. The second kappa shape index (κ2) is 6.02. The zero-order valence-corrected chi connectivity index (χ0v) is 12.1. The van der Waals surface area contributed by atoms with E-state index in [-0.39, 0.29) is 11.7 Å². The van der Waals surface area contributed by atoms with E-state index in [4.69, 9.17) is 5.26 Å². The largest absolute Gasteiger partial charge is 0.376 e. The second-order valence-corrected chi connectivity index (χ2v) is 5.74. The number of nitro groups is 1. The molecule has 22 heavy (non-hydrogen) atoms. The molecule has 0 spiro atoms. The zero-order chi connectivity index (χ0) is 15.5. The molecule has 1 fully saturated rings. The van der Waals surface area contributed by atoms with Crippen molar-refractivity contribution in [2.45, 2.75) is 38.1 Å². The van der Waals surface area contributed by atoms with Crippen LogP contribution in [0.1, 0.15) is 32.1 Å². The normalized spacial score (nSPS) is 21.4. The van der Waals surface area contributed by atoms with Gasteiger partial charge in [-0.05, 0) is 37.7 Å². The van der Waals surface area contributed by atoms with Crippen LogP contribution in [0.2, 0.25) is 0 Å². The average molecular weight is 299 g/mol. The van der Waals surface area contributed by atoms with Crippen molar-refractivity contribution in [3.63, 3.8) is 0 Å². The van der Waals surface area contributed by atoms with Crippen molar-refractivity contribution in [2.24, 2.45) is 5.92 Å². The Bertz CT molecular complexity index is 725. The van der Waals surface area contributed by atoms with Crippen molar-refractivity contribution >= 4 is 22.4 Å². The molecule has 7 nitrogen and oxygen atoms in total. The summed E-state index contributed by atoms with van der Waals surface area (Å²) in [6.07, 6.45) is 7.46. The van der Waals surface area contributed by atoms with Crippen LogP contribution in [0.4, 0.5) is 11.4 Å². The van der Waals surface area contributed by atoms with Gasteiger partial charge in [-0.1, -0.05) is 0 Å². The first-order valence-electron chi connectivity index (χ1n) is 7.43. The number of hydrogen-bond donors (Lipinski definition) is 2. The highest BCUT2D eigenvalue weighted by molar-refractivity contribution is 5.94. The van der Waals surface area contributed by atoms with Crippen LogP contribution >= 0.6 is 0 Å². The van der Waals surface area contributed by atoms with Crippen molar-refractivity contribution < 1.29 is 4.92 Å². The monoisotopic (exact) mass is 299 g/mol. The van der Waals surface area contributed by atoms with Gasteiger partial charge in [-0.3, -0.25) is 10.1 Å². The second-order valence-electron chi connectivity index (χ2n) is 5.74.